The fourth-order valence-electron chi connectivity index (χ4n) is 1.99. The molecule has 0 amide bonds. The third kappa shape index (κ3) is 6.31. The number of aliphatic imine (C=N–C) groups is 1. The van der Waals surface area contributed by atoms with Crippen LogP contribution >= 0.6 is 24.0 Å². The first-order valence-electron chi connectivity index (χ1n) is 7.32. The Morgan fingerprint density at radius 3 is 2.54 bits per heavy atom. The number of halogens is 3. The Kier molecular flexibility index (Phi) is 8.45. The molecule has 0 saturated heterocycles. The summed E-state index contributed by atoms with van der Waals surface area (Å²) in [6.07, 6.45) is 0. The van der Waals surface area contributed by atoms with Crippen LogP contribution in [0.4, 0.5) is 8.78 Å². The van der Waals surface area contributed by atoms with Crippen molar-refractivity contribution in [1.82, 2.24) is 10.6 Å². The van der Waals surface area contributed by atoms with E-state index in [0.717, 1.165) is 5.56 Å². The molecule has 7 heteroatoms. The first-order valence-corrected chi connectivity index (χ1v) is 7.32. The average molecular weight is 447 g/mol. The normalized spacial score (nSPS) is 10.9. The van der Waals surface area contributed by atoms with E-state index in [-0.39, 0.29) is 35.5 Å². The van der Waals surface area contributed by atoms with Gasteiger partial charge in [-0.1, -0.05) is 18.2 Å². The number of nitrogens with zero attached hydrogens (tertiary/aromatic N) is 1. The van der Waals surface area contributed by atoms with Gasteiger partial charge in [-0.15, -0.1) is 24.0 Å². The minimum absolute atomic E-state index is 0. The zero-order valence-corrected chi connectivity index (χ0v) is 15.6. The predicted octanol–water partition coefficient (Wildman–Crippen LogP) is 3.54. The maximum absolute atomic E-state index is 13.3. The molecule has 0 heterocycles. The van der Waals surface area contributed by atoms with Crippen molar-refractivity contribution >= 4 is 29.9 Å². The van der Waals surface area contributed by atoms with E-state index in [1.807, 2.05) is 6.92 Å². The van der Waals surface area contributed by atoms with Crippen molar-refractivity contribution in [2.24, 2.45) is 4.99 Å². The number of nitrogens with one attached hydrogen (secondary N) is 2. The Morgan fingerprint density at radius 2 is 1.88 bits per heavy atom. The molecule has 4 nitrogen and oxygen atoms in total. The molecule has 0 fully saturated rings. The molecule has 2 aromatic rings. The first kappa shape index (κ1) is 20.1. The lowest BCUT2D eigenvalue weighted by Gasteiger charge is -2.11. The van der Waals surface area contributed by atoms with E-state index in [9.17, 15) is 13.9 Å². The Bertz CT molecular complexity index is 695. The van der Waals surface area contributed by atoms with Crippen molar-refractivity contribution in [3.8, 4) is 5.75 Å². The Hall–Kier alpha value is -1.90. The predicted molar refractivity (Wildman–Crippen MR) is 102 cm³/mol. The highest BCUT2D eigenvalue weighted by atomic mass is 127. The summed E-state index contributed by atoms with van der Waals surface area (Å²) in [6.45, 7) is 3.28. The van der Waals surface area contributed by atoms with E-state index in [4.69, 9.17) is 0 Å². The highest BCUT2D eigenvalue weighted by Gasteiger charge is 2.03. The van der Waals surface area contributed by atoms with E-state index in [1.165, 1.54) is 24.3 Å². The van der Waals surface area contributed by atoms with Gasteiger partial charge in [-0.3, -0.25) is 0 Å². The molecule has 0 spiro atoms. The minimum Gasteiger partial charge on any atom is -0.505 e. The van der Waals surface area contributed by atoms with Crippen LogP contribution < -0.4 is 10.6 Å². The molecule has 0 atom stereocenters. The van der Waals surface area contributed by atoms with Crippen LogP contribution in [0.3, 0.4) is 0 Å². The van der Waals surface area contributed by atoms with Gasteiger partial charge in [-0.25, -0.2) is 13.8 Å². The topological polar surface area (TPSA) is 56.7 Å². The summed E-state index contributed by atoms with van der Waals surface area (Å²) < 4.78 is 26.4. The van der Waals surface area contributed by atoms with Gasteiger partial charge in [0, 0.05) is 13.1 Å². The molecule has 130 valence electrons. The van der Waals surface area contributed by atoms with E-state index in [2.05, 4.69) is 15.6 Å². The molecule has 0 aliphatic rings. The zero-order chi connectivity index (χ0) is 16.7. The van der Waals surface area contributed by atoms with Gasteiger partial charge in [-0.2, -0.15) is 0 Å². The van der Waals surface area contributed by atoms with Crippen LogP contribution in [-0.4, -0.2) is 17.6 Å². The molecule has 24 heavy (non-hydrogen) atoms. The molecule has 0 unspecified atom stereocenters. The largest absolute Gasteiger partial charge is 0.505 e. The average Bonchev–Trinajstić information content (AvgIpc) is 2.53. The lowest BCUT2D eigenvalue weighted by atomic mass is 10.2. The van der Waals surface area contributed by atoms with Gasteiger partial charge in [0.15, 0.2) is 17.5 Å². The molecular weight excluding hydrogens is 427 g/mol. The number of hydrogen-bond donors (Lipinski definition) is 3. The summed E-state index contributed by atoms with van der Waals surface area (Å²) in [5, 5.41) is 15.3. The summed E-state index contributed by atoms with van der Waals surface area (Å²) in [6, 6.07) is 10.5. The SMILES string of the molecule is CCNC(=NCc1cccc(F)c1)NCc1ccc(O)c(F)c1.I. The van der Waals surface area contributed by atoms with Crippen molar-refractivity contribution in [3.63, 3.8) is 0 Å². The van der Waals surface area contributed by atoms with Gasteiger partial charge in [0.1, 0.15) is 5.82 Å². The fourth-order valence-corrected chi connectivity index (χ4v) is 1.99. The quantitative estimate of drug-likeness (QED) is 0.374. The number of aromatic hydroxyl groups is 1. The minimum atomic E-state index is -0.661. The summed E-state index contributed by atoms with van der Waals surface area (Å²) >= 11 is 0. The Morgan fingerprint density at radius 1 is 1.08 bits per heavy atom. The summed E-state index contributed by atoms with van der Waals surface area (Å²) in [7, 11) is 0. The van der Waals surface area contributed by atoms with Gasteiger partial charge in [0.25, 0.3) is 0 Å². The van der Waals surface area contributed by atoms with Crippen LogP contribution in [0.1, 0.15) is 18.1 Å². The molecular formula is C17H20F2IN3O. The third-order valence-corrected chi connectivity index (χ3v) is 3.13. The van der Waals surface area contributed by atoms with E-state index >= 15 is 0 Å². The molecule has 0 aliphatic carbocycles. The molecule has 0 aliphatic heterocycles. The second-order valence-electron chi connectivity index (χ2n) is 4.96. The highest BCUT2D eigenvalue weighted by Crippen LogP contribution is 2.15. The maximum atomic E-state index is 13.3. The van der Waals surface area contributed by atoms with E-state index < -0.39 is 5.82 Å². The molecule has 2 rings (SSSR count). The molecule has 2 aromatic carbocycles. The van der Waals surface area contributed by atoms with Crippen LogP contribution in [-0.2, 0) is 13.1 Å². The van der Waals surface area contributed by atoms with E-state index in [0.29, 0.717) is 31.2 Å². The fraction of sp³-hybridized carbons (Fsp3) is 0.235. The number of guanidine groups is 1. The smallest absolute Gasteiger partial charge is 0.191 e. The van der Waals surface area contributed by atoms with Gasteiger partial charge in [0.05, 0.1) is 6.54 Å². The highest BCUT2D eigenvalue weighted by molar-refractivity contribution is 14.0. The van der Waals surface area contributed by atoms with Gasteiger partial charge in [0.2, 0.25) is 0 Å². The summed E-state index contributed by atoms with van der Waals surface area (Å²) in [5.74, 6) is -0.785. The summed E-state index contributed by atoms with van der Waals surface area (Å²) in [4.78, 5) is 4.36. The number of benzene rings is 2. The third-order valence-electron chi connectivity index (χ3n) is 3.13. The van der Waals surface area contributed by atoms with Crippen LogP contribution in [0.5, 0.6) is 5.75 Å². The number of phenolic OH excluding ortho intramolecular Hbond substituents is 1. The lowest BCUT2D eigenvalue weighted by molar-refractivity contribution is 0.431. The van der Waals surface area contributed by atoms with Crippen molar-refractivity contribution < 1.29 is 13.9 Å². The number of rotatable bonds is 5. The number of hydrogen-bond acceptors (Lipinski definition) is 2. The second-order valence-corrected chi connectivity index (χ2v) is 4.96. The first-order chi connectivity index (χ1) is 11.1. The van der Waals surface area contributed by atoms with Crippen molar-refractivity contribution in [2.75, 3.05) is 6.54 Å². The maximum Gasteiger partial charge on any atom is 0.191 e. The number of phenols is 1. The standard InChI is InChI=1S/C17H19F2N3O.HI/c1-2-20-17(21-10-12-4-3-5-14(18)8-12)22-11-13-6-7-16(23)15(19)9-13;/h3-9,23H,2,10-11H2,1H3,(H2,20,21,22);1H. The molecule has 3 N–H and O–H groups in total. The monoisotopic (exact) mass is 447 g/mol. The van der Waals surface area contributed by atoms with Gasteiger partial charge >= 0.3 is 0 Å². The van der Waals surface area contributed by atoms with Crippen LogP contribution in [0.15, 0.2) is 47.5 Å². The molecule has 0 aromatic heterocycles. The van der Waals surface area contributed by atoms with Gasteiger partial charge in [-0.05, 0) is 42.3 Å². The van der Waals surface area contributed by atoms with Gasteiger partial charge < -0.3 is 15.7 Å². The Labute approximate surface area is 157 Å². The van der Waals surface area contributed by atoms with Crippen molar-refractivity contribution in [2.45, 2.75) is 20.0 Å². The van der Waals surface area contributed by atoms with Crippen LogP contribution in [0, 0.1) is 11.6 Å². The van der Waals surface area contributed by atoms with Crippen LogP contribution in [0.25, 0.3) is 0 Å². The zero-order valence-electron chi connectivity index (χ0n) is 13.2. The lowest BCUT2D eigenvalue weighted by Crippen LogP contribution is -2.36. The van der Waals surface area contributed by atoms with Crippen LogP contribution in [0.2, 0.25) is 0 Å². The molecule has 0 radical (unpaired) electrons. The van der Waals surface area contributed by atoms with Crippen molar-refractivity contribution in [1.29, 1.82) is 0 Å². The van der Waals surface area contributed by atoms with E-state index in [1.54, 1.807) is 18.2 Å². The molecule has 0 saturated carbocycles. The summed E-state index contributed by atoms with van der Waals surface area (Å²) in [5.41, 5.74) is 1.44. The van der Waals surface area contributed by atoms with Crippen molar-refractivity contribution in [3.05, 3.63) is 65.2 Å². The molecule has 0 bridgehead atoms. The Balaban J connectivity index is 0.00000288. The second kappa shape index (κ2) is 10.1.